The van der Waals surface area contributed by atoms with Crippen LogP contribution in [-0.4, -0.2) is 20.3 Å². The molecule has 17 heavy (non-hydrogen) atoms. The summed E-state index contributed by atoms with van der Waals surface area (Å²) in [6.07, 6.45) is 0.731. The Bertz CT molecular complexity index is 535. The molecule has 0 atom stereocenters. The van der Waals surface area contributed by atoms with Crippen LogP contribution in [0.3, 0.4) is 0 Å². The highest BCUT2D eigenvalue weighted by Gasteiger charge is 2.15. The highest BCUT2D eigenvalue weighted by Crippen LogP contribution is 2.16. The van der Waals surface area contributed by atoms with Crippen LogP contribution in [0.2, 0.25) is 0 Å². The van der Waals surface area contributed by atoms with Crippen molar-refractivity contribution in [3.63, 3.8) is 0 Å². The highest BCUT2D eigenvalue weighted by molar-refractivity contribution is 9.09. The normalized spacial score (nSPS) is 11.1. The summed E-state index contributed by atoms with van der Waals surface area (Å²) >= 11 is 3.24. The number of nitrogens with zero attached hydrogens (tertiary/aromatic N) is 1. The lowest BCUT2D eigenvalue weighted by Crippen LogP contribution is -2.25. The molecular weight excluding hydrogens is 304 g/mol. The summed E-state index contributed by atoms with van der Waals surface area (Å²) in [6, 6.07) is 6.51. The first kappa shape index (κ1) is 14.2. The van der Waals surface area contributed by atoms with Gasteiger partial charge in [-0.3, -0.25) is 0 Å². The molecule has 1 N–H and O–H groups in total. The lowest BCUT2D eigenvalue weighted by atomic mass is 10.2. The van der Waals surface area contributed by atoms with Gasteiger partial charge in [0.05, 0.1) is 16.5 Å². The zero-order valence-corrected chi connectivity index (χ0v) is 11.8. The minimum atomic E-state index is -3.47. The second kappa shape index (κ2) is 6.15. The second-order valence-electron chi connectivity index (χ2n) is 3.53. The summed E-state index contributed by atoms with van der Waals surface area (Å²) in [5.74, 6) is 0. The van der Waals surface area contributed by atoms with Gasteiger partial charge in [0, 0.05) is 11.9 Å². The Hall–Kier alpha value is -0.900. The Labute approximate surface area is 110 Å². The maximum Gasteiger partial charge on any atom is 0.240 e. The molecule has 0 aliphatic carbocycles. The number of sulfonamides is 1. The van der Waals surface area contributed by atoms with Gasteiger partial charge in [0.15, 0.2) is 0 Å². The maximum absolute atomic E-state index is 11.9. The number of aryl methyl sites for hydroxylation is 1. The van der Waals surface area contributed by atoms with E-state index in [9.17, 15) is 8.42 Å². The van der Waals surface area contributed by atoms with Gasteiger partial charge in [-0.1, -0.05) is 15.9 Å². The lowest BCUT2D eigenvalue weighted by molar-refractivity contribution is 0.580. The summed E-state index contributed by atoms with van der Waals surface area (Å²) in [4.78, 5) is 0.228. The minimum Gasteiger partial charge on any atom is -0.211 e. The number of nitriles is 1. The molecule has 1 rings (SSSR count). The van der Waals surface area contributed by atoms with Gasteiger partial charge in [-0.2, -0.15) is 5.26 Å². The van der Waals surface area contributed by atoms with Crippen molar-refractivity contribution in [2.24, 2.45) is 0 Å². The zero-order valence-electron chi connectivity index (χ0n) is 9.40. The Morgan fingerprint density at radius 2 is 2.18 bits per heavy atom. The molecule has 1 aromatic carbocycles. The molecule has 0 radical (unpaired) electrons. The van der Waals surface area contributed by atoms with Crippen molar-refractivity contribution in [3.05, 3.63) is 29.3 Å². The molecule has 4 nitrogen and oxygen atoms in total. The Morgan fingerprint density at radius 1 is 1.47 bits per heavy atom. The number of hydrogen-bond acceptors (Lipinski definition) is 3. The van der Waals surface area contributed by atoms with Crippen LogP contribution in [-0.2, 0) is 10.0 Å². The van der Waals surface area contributed by atoms with Gasteiger partial charge >= 0.3 is 0 Å². The van der Waals surface area contributed by atoms with Crippen LogP contribution in [0.15, 0.2) is 23.1 Å². The van der Waals surface area contributed by atoms with Gasteiger partial charge in [0.2, 0.25) is 10.0 Å². The van der Waals surface area contributed by atoms with Crippen molar-refractivity contribution in [2.45, 2.75) is 18.2 Å². The lowest BCUT2D eigenvalue weighted by Gasteiger charge is -2.08. The van der Waals surface area contributed by atoms with E-state index in [1.165, 1.54) is 12.1 Å². The highest BCUT2D eigenvalue weighted by atomic mass is 79.9. The third-order valence-electron chi connectivity index (χ3n) is 2.20. The van der Waals surface area contributed by atoms with Gasteiger partial charge in [-0.15, -0.1) is 0 Å². The van der Waals surface area contributed by atoms with E-state index in [2.05, 4.69) is 20.7 Å². The molecule has 0 fully saturated rings. The van der Waals surface area contributed by atoms with E-state index < -0.39 is 10.0 Å². The Kier molecular flexibility index (Phi) is 5.12. The standard InChI is InChI=1S/C11H13BrN2O2S/c1-9-7-10(8-13)3-4-11(9)17(15,16)14-6-2-5-12/h3-4,7,14H,2,5-6H2,1H3. The molecule has 0 aliphatic heterocycles. The summed E-state index contributed by atoms with van der Waals surface area (Å²) in [6.45, 7) is 2.08. The predicted octanol–water partition coefficient (Wildman–Crippen LogP) is 1.93. The van der Waals surface area contributed by atoms with E-state index in [0.29, 0.717) is 17.7 Å². The topological polar surface area (TPSA) is 70.0 Å². The van der Waals surface area contributed by atoms with Gasteiger partial charge < -0.3 is 0 Å². The van der Waals surface area contributed by atoms with Crippen molar-refractivity contribution in [2.75, 3.05) is 11.9 Å². The molecule has 0 saturated heterocycles. The van der Waals surface area contributed by atoms with E-state index in [1.54, 1.807) is 13.0 Å². The van der Waals surface area contributed by atoms with Gasteiger partial charge in [0.1, 0.15) is 0 Å². The van der Waals surface area contributed by atoms with Crippen LogP contribution in [0.1, 0.15) is 17.5 Å². The van der Waals surface area contributed by atoms with Crippen LogP contribution >= 0.6 is 15.9 Å². The van der Waals surface area contributed by atoms with Crippen molar-refractivity contribution in [3.8, 4) is 6.07 Å². The maximum atomic E-state index is 11.9. The number of alkyl halides is 1. The van der Waals surface area contributed by atoms with E-state index in [0.717, 1.165) is 11.8 Å². The number of halogens is 1. The molecular formula is C11H13BrN2O2S. The first-order valence-electron chi connectivity index (χ1n) is 5.07. The number of benzene rings is 1. The fraction of sp³-hybridized carbons (Fsp3) is 0.364. The summed E-state index contributed by atoms with van der Waals surface area (Å²) in [7, 11) is -3.47. The summed E-state index contributed by atoms with van der Waals surface area (Å²) in [5, 5.41) is 9.46. The molecule has 6 heteroatoms. The van der Waals surface area contributed by atoms with Crippen molar-refractivity contribution >= 4 is 26.0 Å². The van der Waals surface area contributed by atoms with Crippen LogP contribution in [0.25, 0.3) is 0 Å². The molecule has 92 valence electrons. The third kappa shape index (κ3) is 3.80. The van der Waals surface area contributed by atoms with Crippen LogP contribution in [0.4, 0.5) is 0 Å². The Morgan fingerprint density at radius 3 is 2.71 bits per heavy atom. The first-order valence-corrected chi connectivity index (χ1v) is 7.68. The largest absolute Gasteiger partial charge is 0.240 e. The molecule has 0 bridgehead atoms. The second-order valence-corrected chi connectivity index (χ2v) is 6.06. The average Bonchev–Trinajstić information content (AvgIpc) is 2.28. The molecule has 0 amide bonds. The smallest absolute Gasteiger partial charge is 0.211 e. The van der Waals surface area contributed by atoms with Gasteiger partial charge in [-0.05, 0) is 37.1 Å². The number of rotatable bonds is 5. The molecule has 0 aliphatic rings. The monoisotopic (exact) mass is 316 g/mol. The predicted molar refractivity (Wildman–Crippen MR) is 69.5 cm³/mol. The Balaban J connectivity index is 2.96. The van der Waals surface area contributed by atoms with Crippen LogP contribution in [0.5, 0.6) is 0 Å². The fourth-order valence-electron chi connectivity index (χ4n) is 1.37. The van der Waals surface area contributed by atoms with Crippen molar-refractivity contribution < 1.29 is 8.42 Å². The molecule has 0 heterocycles. The quantitative estimate of drug-likeness (QED) is 0.666. The molecule has 0 aromatic heterocycles. The van der Waals surface area contributed by atoms with Crippen molar-refractivity contribution in [1.82, 2.24) is 4.72 Å². The molecule has 1 aromatic rings. The third-order valence-corrected chi connectivity index (χ3v) is 4.38. The first-order chi connectivity index (χ1) is 8.01. The van der Waals surface area contributed by atoms with E-state index in [4.69, 9.17) is 5.26 Å². The minimum absolute atomic E-state index is 0.228. The van der Waals surface area contributed by atoms with E-state index in [-0.39, 0.29) is 4.90 Å². The average molecular weight is 317 g/mol. The number of nitrogens with one attached hydrogen (secondary N) is 1. The zero-order chi connectivity index (χ0) is 12.9. The SMILES string of the molecule is Cc1cc(C#N)ccc1S(=O)(=O)NCCCBr. The molecule has 0 unspecified atom stereocenters. The van der Waals surface area contributed by atoms with Crippen LogP contribution in [0, 0.1) is 18.3 Å². The van der Waals surface area contributed by atoms with Gasteiger partial charge in [-0.25, -0.2) is 13.1 Å². The van der Waals surface area contributed by atoms with E-state index in [1.807, 2.05) is 6.07 Å². The van der Waals surface area contributed by atoms with Gasteiger partial charge in [0.25, 0.3) is 0 Å². The fourth-order valence-corrected chi connectivity index (χ4v) is 2.95. The summed E-state index contributed by atoms with van der Waals surface area (Å²) < 4.78 is 26.4. The molecule has 0 saturated carbocycles. The summed E-state index contributed by atoms with van der Waals surface area (Å²) in [5.41, 5.74) is 1.04. The molecule has 0 spiro atoms. The van der Waals surface area contributed by atoms with Crippen molar-refractivity contribution in [1.29, 1.82) is 5.26 Å². The van der Waals surface area contributed by atoms with Crippen LogP contribution < -0.4 is 4.72 Å². The van der Waals surface area contributed by atoms with E-state index >= 15 is 0 Å². The number of hydrogen-bond donors (Lipinski definition) is 1.